The number of hydrogen-bond acceptors (Lipinski definition) is 3. The Morgan fingerprint density at radius 3 is 2.68 bits per heavy atom. The Morgan fingerprint density at radius 1 is 1.18 bits per heavy atom. The Kier molecular flexibility index (Phi) is 3.95. The van der Waals surface area contributed by atoms with Crippen LogP contribution in [0.2, 0.25) is 0 Å². The first kappa shape index (κ1) is 14.3. The number of furan rings is 1. The van der Waals surface area contributed by atoms with E-state index >= 15 is 0 Å². The van der Waals surface area contributed by atoms with Crippen LogP contribution in [-0.2, 0) is 16.1 Å². The maximum Gasteiger partial charge on any atom is 0.228 e. The highest BCUT2D eigenvalue weighted by Crippen LogP contribution is 2.40. The minimum atomic E-state index is 0.0903. The molecule has 2 aliphatic heterocycles. The lowest BCUT2D eigenvalue weighted by atomic mass is 9.86. The van der Waals surface area contributed by atoms with E-state index in [4.69, 9.17) is 9.15 Å². The van der Waals surface area contributed by atoms with Gasteiger partial charge in [-0.05, 0) is 38.2 Å². The van der Waals surface area contributed by atoms with Crippen molar-refractivity contribution in [2.24, 2.45) is 5.92 Å². The Labute approximate surface area is 131 Å². The monoisotopic (exact) mass is 303 g/mol. The van der Waals surface area contributed by atoms with E-state index in [-0.39, 0.29) is 12.0 Å². The number of ether oxygens (including phenoxy) is 1. The quantitative estimate of drug-likeness (QED) is 0.855. The fraction of sp³-hybridized carbons (Fsp3) is 0.722. The molecule has 1 aromatic rings. The lowest BCUT2D eigenvalue weighted by molar-refractivity contribution is -0.141. The first-order chi connectivity index (χ1) is 10.8. The maximum atomic E-state index is 13.2. The molecular weight excluding hydrogens is 278 g/mol. The molecule has 1 amide bonds. The Morgan fingerprint density at radius 2 is 2.05 bits per heavy atom. The number of carbonyl (C=O) groups is 1. The summed E-state index contributed by atoms with van der Waals surface area (Å²) in [6.45, 7) is 0.688. The van der Waals surface area contributed by atoms with Gasteiger partial charge < -0.3 is 14.1 Å². The largest absolute Gasteiger partial charge is 0.472 e. The van der Waals surface area contributed by atoms with Gasteiger partial charge in [0.1, 0.15) is 0 Å². The molecular formula is C18H25NO3. The number of hydrogen-bond donors (Lipinski definition) is 0. The molecule has 4 rings (SSSR count). The van der Waals surface area contributed by atoms with Crippen LogP contribution in [0, 0.1) is 5.92 Å². The molecule has 2 bridgehead atoms. The van der Waals surface area contributed by atoms with Gasteiger partial charge in [0.05, 0.1) is 30.7 Å². The molecule has 4 heteroatoms. The summed E-state index contributed by atoms with van der Waals surface area (Å²) in [5.41, 5.74) is 1.10. The second kappa shape index (κ2) is 6.07. The van der Waals surface area contributed by atoms with Crippen LogP contribution < -0.4 is 0 Å². The molecule has 0 N–H and O–H groups in total. The van der Waals surface area contributed by atoms with E-state index in [9.17, 15) is 4.79 Å². The SMILES string of the molecule is O=C([C@@H]1C[C@H]2CC[C@H]1O2)N(Cc1ccoc1)C1CCCCC1. The molecule has 3 atom stereocenters. The zero-order valence-corrected chi connectivity index (χ0v) is 13.1. The van der Waals surface area contributed by atoms with Crippen molar-refractivity contribution >= 4 is 5.91 Å². The van der Waals surface area contributed by atoms with Crippen molar-refractivity contribution in [3.63, 3.8) is 0 Å². The summed E-state index contributed by atoms with van der Waals surface area (Å²) in [4.78, 5) is 15.3. The number of nitrogens with zero attached hydrogens (tertiary/aromatic N) is 1. The summed E-state index contributed by atoms with van der Waals surface area (Å²) >= 11 is 0. The van der Waals surface area contributed by atoms with Crippen LogP contribution in [0.3, 0.4) is 0 Å². The highest BCUT2D eigenvalue weighted by molar-refractivity contribution is 5.80. The third-order valence-electron chi connectivity index (χ3n) is 5.65. The third kappa shape index (κ3) is 2.69. The summed E-state index contributed by atoms with van der Waals surface area (Å²) in [5.74, 6) is 0.410. The Balaban J connectivity index is 1.51. The molecule has 4 nitrogen and oxygen atoms in total. The first-order valence-electron chi connectivity index (χ1n) is 8.78. The second-order valence-corrected chi connectivity index (χ2v) is 7.11. The van der Waals surface area contributed by atoms with Crippen molar-refractivity contribution in [3.8, 4) is 0 Å². The van der Waals surface area contributed by atoms with Gasteiger partial charge in [0.15, 0.2) is 0 Å². The molecule has 0 spiro atoms. The fourth-order valence-corrected chi connectivity index (χ4v) is 4.47. The van der Waals surface area contributed by atoms with E-state index in [0.717, 1.165) is 37.7 Å². The predicted molar refractivity (Wildman–Crippen MR) is 82.1 cm³/mol. The molecule has 0 unspecified atom stereocenters. The van der Waals surface area contributed by atoms with Gasteiger partial charge in [-0.2, -0.15) is 0 Å². The van der Waals surface area contributed by atoms with Crippen LogP contribution in [0.1, 0.15) is 56.9 Å². The summed E-state index contributed by atoms with van der Waals surface area (Å²) in [5, 5.41) is 0. The van der Waals surface area contributed by atoms with E-state index in [1.807, 2.05) is 6.07 Å². The van der Waals surface area contributed by atoms with Crippen LogP contribution in [0.5, 0.6) is 0 Å². The molecule has 1 saturated carbocycles. The van der Waals surface area contributed by atoms with Crippen molar-refractivity contribution < 1.29 is 13.9 Å². The van der Waals surface area contributed by atoms with Gasteiger partial charge in [-0.25, -0.2) is 0 Å². The van der Waals surface area contributed by atoms with Crippen molar-refractivity contribution in [1.82, 2.24) is 4.90 Å². The van der Waals surface area contributed by atoms with Gasteiger partial charge >= 0.3 is 0 Å². The van der Waals surface area contributed by atoms with Crippen LogP contribution in [0.4, 0.5) is 0 Å². The molecule has 120 valence electrons. The predicted octanol–water partition coefficient (Wildman–Crippen LogP) is 3.51. The highest BCUT2D eigenvalue weighted by Gasteiger charge is 2.46. The smallest absolute Gasteiger partial charge is 0.228 e. The summed E-state index contributed by atoms with van der Waals surface area (Å²) in [6.07, 6.45) is 13.2. The lowest BCUT2D eigenvalue weighted by Gasteiger charge is -2.36. The second-order valence-electron chi connectivity index (χ2n) is 7.11. The Hall–Kier alpha value is -1.29. The van der Waals surface area contributed by atoms with E-state index in [1.165, 1.54) is 19.3 Å². The van der Waals surface area contributed by atoms with Crippen LogP contribution in [-0.4, -0.2) is 29.1 Å². The van der Waals surface area contributed by atoms with Crippen molar-refractivity contribution in [2.45, 2.75) is 76.2 Å². The molecule has 1 aromatic heterocycles. The molecule has 22 heavy (non-hydrogen) atoms. The standard InChI is InChI=1S/C18H25NO3/c20-18(16-10-15-6-7-17(16)22-15)19(11-13-8-9-21-12-13)14-4-2-1-3-5-14/h8-9,12,14-17H,1-7,10-11H2/t15-,16-,17-/m1/s1. The van der Waals surface area contributed by atoms with E-state index in [1.54, 1.807) is 12.5 Å². The molecule has 1 aliphatic carbocycles. The van der Waals surface area contributed by atoms with Gasteiger partial charge in [0.25, 0.3) is 0 Å². The lowest BCUT2D eigenvalue weighted by Crippen LogP contribution is -2.46. The van der Waals surface area contributed by atoms with Crippen LogP contribution in [0.15, 0.2) is 23.0 Å². The molecule has 0 radical (unpaired) electrons. The third-order valence-corrected chi connectivity index (χ3v) is 5.65. The summed E-state index contributed by atoms with van der Waals surface area (Å²) < 4.78 is 11.1. The molecule has 2 saturated heterocycles. The number of carbonyl (C=O) groups excluding carboxylic acids is 1. The minimum absolute atomic E-state index is 0.0903. The normalized spacial score (nSPS) is 31.5. The zero-order chi connectivity index (χ0) is 14.9. The first-order valence-corrected chi connectivity index (χ1v) is 8.78. The molecule has 3 fully saturated rings. The fourth-order valence-electron chi connectivity index (χ4n) is 4.47. The van der Waals surface area contributed by atoms with Gasteiger partial charge in [-0.15, -0.1) is 0 Å². The van der Waals surface area contributed by atoms with E-state index in [2.05, 4.69) is 4.90 Å². The van der Waals surface area contributed by atoms with Gasteiger partial charge in [-0.3, -0.25) is 4.79 Å². The van der Waals surface area contributed by atoms with Crippen LogP contribution in [0.25, 0.3) is 0 Å². The highest BCUT2D eigenvalue weighted by atomic mass is 16.5. The van der Waals surface area contributed by atoms with Crippen molar-refractivity contribution in [2.75, 3.05) is 0 Å². The summed E-state index contributed by atoms with van der Waals surface area (Å²) in [6, 6.07) is 2.37. The number of amides is 1. The van der Waals surface area contributed by atoms with Gasteiger partial charge in [-0.1, -0.05) is 19.3 Å². The molecule has 3 heterocycles. The van der Waals surface area contributed by atoms with E-state index < -0.39 is 0 Å². The number of rotatable bonds is 4. The molecule has 0 aromatic carbocycles. The topological polar surface area (TPSA) is 42.7 Å². The van der Waals surface area contributed by atoms with Crippen molar-refractivity contribution in [1.29, 1.82) is 0 Å². The molecule has 3 aliphatic rings. The Bertz CT molecular complexity index is 506. The van der Waals surface area contributed by atoms with Crippen LogP contribution >= 0.6 is 0 Å². The minimum Gasteiger partial charge on any atom is -0.472 e. The number of fused-ring (bicyclic) bond motifs is 2. The average Bonchev–Trinajstić information content (AvgIpc) is 3.30. The zero-order valence-electron chi connectivity index (χ0n) is 13.1. The van der Waals surface area contributed by atoms with Gasteiger partial charge in [0, 0.05) is 18.2 Å². The maximum absolute atomic E-state index is 13.2. The summed E-state index contributed by atoms with van der Waals surface area (Å²) in [7, 11) is 0. The van der Waals surface area contributed by atoms with E-state index in [0.29, 0.717) is 24.6 Å². The van der Waals surface area contributed by atoms with Crippen molar-refractivity contribution in [3.05, 3.63) is 24.2 Å². The van der Waals surface area contributed by atoms with Gasteiger partial charge in [0.2, 0.25) is 5.91 Å². The average molecular weight is 303 g/mol.